The second kappa shape index (κ2) is 8.74. The molecule has 2 atom stereocenters. The minimum Gasteiger partial charge on any atom is -0.367 e. The van der Waals surface area contributed by atoms with Gasteiger partial charge in [-0.3, -0.25) is 4.79 Å². The van der Waals surface area contributed by atoms with Crippen molar-refractivity contribution in [3.8, 4) is 0 Å². The van der Waals surface area contributed by atoms with E-state index in [4.69, 9.17) is 4.74 Å². The van der Waals surface area contributed by atoms with Crippen molar-refractivity contribution in [2.24, 2.45) is 5.92 Å². The maximum Gasteiger partial charge on any atom is 0.317 e. The Kier molecular flexibility index (Phi) is 6.37. The second-order valence-electron chi connectivity index (χ2n) is 7.95. The number of likely N-dealkylation sites (tertiary alicyclic amines) is 1. The molecule has 3 rings (SSSR count). The first-order valence-electron chi connectivity index (χ1n) is 9.98. The lowest BCUT2D eigenvalue weighted by Gasteiger charge is -2.39. The number of nitrogens with one attached hydrogen (secondary N) is 1. The standard InChI is InChI=1S/C21H31N3O3/c1-15(2)20(25)23-11-9-18(10-12-23)22-21(26)24-13-16(3)27-19(14-24)17-7-5-4-6-8-17/h4-8,15-16,18-19H,9-14H2,1-3H3,(H,22,26). The van der Waals surface area contributed by atoms with Gasteiger partial charge in [0.1, 0.15) is 6.10 Å². The molecule has 2 unspecified atom stereocenters. The van der Waals surface area contributed by atoms with E-state index in [2.05, 4.69) is 5.32 Å². The molecule has 0 saturated carbocycles. The summed E-state index contributed by atoms with van der Waals surface area (Å²) in [6.45, 7) is 8.45. The van der Waals surface area contributed by atoms with E-state index >= 15 is 0 Å². The van der Waals surface area contributed by atoms with Crippen molar-refractivity contribution >= 4 is 11.9 Å². The van der Waals surface area contributed by atoms with Gasteiger partial charge >= 0.3 is 6.03 Å². The van der Waals surface area contributed by atoms with Gasteiger partial charge in [-0.1, -0.05) is 44.2 Å². The van der Waals surface area contributed by atoms with Gasteiger partial charge < -0.3 is 19.9 Å². The van der Waals surface area contributed by atoms with E-state index in [0.717, 1.165) is 18.4 Å². The second-order valence-corrected chi connectivity index (χ2v) is 7.95. The van der Waals surface area contributed by atoms with Crippen LogP contribution in [0.1, 0.15) is 45.3 Å². The predicted octanol–water partition coefficient (Wildman–Crippen LogP) is 2.81. The average Bonchev–Trinajstić information content (AvgIpc) is 2.68. The number of hydrogen-bond acceptors (Lipinski definition) is 3. The molecule has 148 valence electrons. The van der Waals surface area contributed by atoms with E-state index in [-0.39, 0.29) is 36.1 Å². The Balaban J connectivity index is 1.53. The molecule has 0 bridgehead atoms. The molecule has 0 aromatic heterocycles. The summed E-state index contributed by atoms with van der Waals surface area (Å²) in [4.78, 5) is 28.7. The molecule has 1 aromatic carbocycles. The summed E-state index contributed by atoms with van der Waals surface area (Å²) >= 11 is 0. The zero-order chi connectivity index (χ0) is 19.4. The van der Waals surface area contributed by atoms with Crippen molar-refractivity contribution in [1.29, 1.82) is 0 Å². The normalized spacial score (nSPS) is 24.1. The number of benzene rings is 1. The molecule has 2 aliphatic rings. The molecule has 0 spiro atoms. The fourth-order valence-corrected chi connectivity index (χ4v) is 3.84. The largest absolute Gasteiger partial charge is 0.367 e. The molecule has 0 radical (unpaired) electrons. The van der Waals surface area contributed by atoms with Crippen LogP contribution < -0.4 is 5.32 Å². The van der Waals surface area contributed by atoms with Crippen LogP contribution in [0.15, 0.2) is 30.3 Å². The number of rotatable bonds is 3. The SMILES string of the molecule is CC1CN(C(=O)NC2CCN(C(=O)C(C)C)CC2)CC(c2ccccc2)O1. The highest BCUT2D eigenvalue weighted by molar-refractivity contribution is 5.78. The summed E-state index contributed by atoms with van der Waals surface area (Å²) in [6, 6.07) is 10.2. The first-order valence-corrected chi connectivity index (χ1v) is 9.98. The zero-order valence-corrected chi connectivity index (χ0v) is 16.6. The fraction of sp³-hybridized carbons (Fsp3) is 0.619. The lowest BCUT2D eigenvalue weighted by Crippen LogP contribution is -2.54. The van der Waals surface area contributed by atoms with Crippen LogP contribution in [0.25, 0.3) is 0 Å². The molecule has 3 amide bonds. The van der Waals surface area contributed by atoms with Crippen LogP contribution in [0.2, 0.25) is 0 Å². The fourth-order valence-electron chi connectivity index (χ4n) is 3.84. The van der Waals surface area contributed by atoms with E-state index in [1.54, 1.807) is 0 Å². The van der Waals surface area contributed by atoms with Gasteiger partial charge in [-0.15, -0.1) is 0 Å². The topological polar surface area (TPSA) is 61.9 Å². The van der Waals surface area contributed by atoms with Gasteiger partial charge in [0.25, 0.3) is 0 Å². The van der Waals surface area contributed by atoms with Crippen LogP contribution >= 0.6 is 0 Å². The number of amides is 3. The Bertz CT molecular complexity index is 641. The van der Waals surface area contributed by atoms with Crippen molar-refractivity contribution in [2.75, 3.05) is 26.2 Å². The maximum atomic E-state index is 12.8. The highest BCUT2D eigenvalue weighted by Gasteiger charge is 2.31. The number of carbonyl (C=O) groups is 2. The van der Waals surface area contributed by atoms with Gasteiger partial charge in [0.15, 0.2) is 0 Å². The van der Waals surface area contributed by atoms with E-state index in [9.17, 15) is 9.59 Å². The first-order chi connectivity index (χ1) is 12.9. The Morgan fingerprint density at radius 2 is 1.74 bits per heavy atom. The van der Waals surface area contributed by atoms with Gasteiger partial charge in [0.05, 0.1) is 12.6 Å². The van der Waals surface area contributed by atoms with Crippen molar-refractivity contribution in [1.82, 2.24) is 15.1 Å². The van der Waals surface area contributed by atoms with Crippen molar-refractivity contribution in [3.63, 3.8) is 0 Å². The number of carbonyl (C=O) groups excluding carboxylic acids is 2. The number of ether oxygens (including phenoxy) is 1. The Morgan fingerprint density at radius 1 is 1.07 bits per heavy atom. The average molecular weight is 373 g/mol. The summed E-state index contributed by atoms with van der Waals surface area (Å²) in [5.41, 5.74) is 1.10. The molecule has 1 N–H and O–H groups in total. The molecule has 6 heteroatoms. The number of urea groups is 1. The predicted molar refractivity (Wildman–Crippen MR) is 104 cm³/mol. The molecule has 27 heavy (non-hydrogen) atoms. The molecular weight excluding hydrogens is 342 g/mol. The summed E-state index contributed by atoms with van der Waals surface area (Å²) in [6.07, 6.45) is 1.53. The summed E-state index contributed by atoms with van der Waals surface area (Å²) in [7, 11) is 0. The first kappa shape index (κ1) is 19.7. The third-order valence-corrected chi connectivity index (χ3v) is 5.35. The number of morpholine rings is 1. The lowest BCUT2D eigenvalue weighted by atomic mass is 10.0. The smallest absolute Gasteiger partial charge is 0.317 e. The van der Waals surface area contributed by atoms with Crippen LogP contribution in [0, 0.1) is 5.92 Å². The van der Waals surface area contributed by atoms with Gasteiger partial charge in [0.2, 0.25) is 5.91 Å². The van der Waals surface area contributed by atoms with Crippen LogP contribution in [-0.4, -0.2) is 60.1 Å². The number of nitrogens with zero attached hydrogens (tertiary/aromatic N) is 2. The Labute approximate surface area is 161 Å². The van der Waals surface area contributed by atoms with Gasteiger partial charge in [-0.25, -0.2) is 4.79 Å². The summed E-state index contributed by atoms with van der Waals surface area (Å²) in [5, 5.41) is 3.16. The molecule has 2 heterocycles. The molecular formula is C21H31N3O3. The van der Waals surface area contributed by atoms with E-state index in [0.29, 0.717) is 26.2 Å². The van der Waals surface area contributed by atoms with E-state index < -0.39 is 0 Å². The monoisotopic (exact) mass is 373 g/mol. The van der Waals surface area contributed by atoms with Gasteiger partial charge in [0, 0.05) is 31.6 Å². The Morgan fingerprint density at radius 3 is 2.37 bits per heavy atom. The Hall–Kier alpha value is -2.08. The molecule has 0 aliphatic carbocycles. The van der Waals surface area contributed by atoms with Crippen molar-refractivity contribution in [3.05, 3.63) is 35.9 Å². The van der Waals surface area contributed by atoms with E-state index in [1.807, 2.05) is 60.9 Å². The molecule has 2 saturated heterocycles. The summed E-state index contributed by atoms with van der Waals surface area (Å²) in [5.74, 6) is 0.230. The van der Waals surface area contributed by atoms with E-state index in [1.165, 1.54) is 0 Å². The molecule has 6 nitrogen and oxygen atoms in total. The molecule has 2 aliphatic heterocycles. The van der Waals surface area contributed by atoms with Gasteiger partial charge in [-0.05, 0) is 25.3 Å². The van der Waals surface area contributed by atoms with Crippen LogP contribution in [0.4, 0.5) is 4.79 Å². The highest BCUT2D eigenvalue weighted by atomic mass is 16.5. The van der Waals surface area contributed by atoms with Crippen LogP contribution in [0.5, 0.6) is 0 Å². The number of hydrogen-bond donors (Lipinski definition) is 1. The molecule has 2 fully saturated rings. The van der Waals surface area contributed by atoms with Crippen molar-refractivity contribution in [2.45, 2.75) is 51.9 Å². The number of piperidine rings is 1. The third kappa shape index (κ3) is 5.01. The summed E-state index contributed by atoms with van der Waals surface area (Å²) < 4.78 is 6.04. The zero-order valence-electron chi connectivity index (χ0n) is 16.6. The third-order valence-electron chi connectivity index (χ3n) is 5.35. The minimum atomic E-state index is -0.0915. The maximum absolute atomic E-state index is 12.8. The quantitative estimate of drug-likeness (QED) is 0.886. The van der Waals surface area contributed by atoms with Crippen LogP contribution in [0.3, 0.4) is 0 Å². The molecule has 1 aromatic rings. The highest BCUT2D eigenvalue weighted by Crippen LogP contribution is 2.25. The lowest BCUT2D eigenvalue weighted by molar-refractivity contribution is -0.135. The van der Waals surface area contributed by atoms with Gasteiger partial charge in [-0.2, -0.15) is 0 Å². The van der Waals surface area contributed by atoms with Crippen molar-refractivity contribution < 1.29 is 14.3 Å². The van der Waals surface area contributed by atoms with Crippen LogP contribution in [-0.2, 0) is 9.53 Å². The minimum absolute atomic E-state index is 0.000201.